The van der Waals surface area contributed by atoms with Crippen LogP contribution < -0.4 is 10.6 Å². The molecule has 6 heteroatoms. The van der Waals surface area contributed by atoms with Crippen LogP contribution in [0.5, 0.6) is 0 Å². The quantitative estimate of drug-likeness (QED) is 0.734. The number of nitrogens with one attached hydrogen (secondary N) is 2. The molecule has 1 saturated heterocycles. The van der Waals surface area contributed by atoms with Crippen LogP contribution in [-0.2, 0) is 4.79 Å². The molecular weight excluding hydrogens is 388 g/mol. The van der Waals surface area contributed by atoms with Crippen molar-refractivity contribution in [3.63, 3.8) is 0 Å². The zero-order valence-electron chi connectivity index (χ0n) is 16.5. The van der Waals surface area contributed by atoms with Crippen LogP contribution in [0, 0.1) is 20.8 Å². The molecule has 0 saturated carbocycles. The summed E-state index contributed by atoms with van der Waals surface area (Å²) in [5, 5.41) is 5.61. The SMILES string of the molecule is Cc1cc(C)c(NC(=O)CNC(=O)c2ccc(C3SCCCS3)cc2)c(C)c1. The van der Waals surface area contributed by atoms with Gasteiger partial charge >= 0.3 is 0 Å². The second kappa shape index (κ2) is 9.52. The van der Waals surface area contributed by atoms with Crippen LogP contribution in [0.3, 0.4) is 0 Å². The van der Waals surface area contributed by atoms with E-state index < -0.39 is 0 Å². The third-order valence-corrected chi connectivity index (χ3v) is 7.64. The van der Waals surface area contributed by atoms with Crippen LogP contribution >= 0.6 is 23.5 Å². The Morgan fingerprint density at radius 1 is 1.00 bits per heavy atom. The minimum atomic E-state index is -0.233. The van der Waals surface area contributed by atoms with Crippen LogP contribution in [-0.4, -0.2) is 29.9 Å². The molecule has 1 heterocycles. The molecule has 2 N–H and O–H groups in total. The highest BCUT2D eigenvalue weighted by Crippen LogP contribution is 2.43. The molecule has 0 aromatic heterocycles. The molecule has 1 aliphatic rings. The molecule has 0 aliphatic carbocycles. The highest BCUT2D eigenvalue weighted by molar-refractivity contribution is 8.16. The first-order valence-electron chi connectivity index (χ1n) is 9.43. The molecule has 148 valence electrons. The molecule has 0 unspecified atom stereocenters. The van der Waals surface area contributed by atoms with E-state index in [2.05, 4.69) is 10.6 Å². The number of rotatable bonds is 5. The topological polar surface area (TPSA) is 58.2 Å². The second-order valence-electron chi connectivity index (χ2n) is 7.05. The third-order valence-electron chi connectivity index (χ3n) is 4.62. The Kier molecular flexibility index (Phi) is 7.08. The van der Waals surface area contributed by atoms with Gasteiger partial charge in [0.25, 0.3) is 5.91 Å². The summed E-state index contributed by atoms with van der Waals surface area (Å²) >= 11 is 3.92. The molecule has 0 atom stereocenters. The van der Waals surface area contributed by atoms with Crippen molar-refractivity contribution in [2.45, 2.75) is 31.8 Å². The number of hydrogen-bond donors (Lipinski definition) is 2. The lowest BCUT2D eigenvalue weighted by atomic mass is 10.1. The molecule has 2 amide bonds. The Morgan fingerprint density at radius 2 is 1.61 bits per heavy atom. The van der Waals surface area contributed by atoms with E-state index in [1.165, 1.54) is 23.5 Å². The van der Waals surface area contributed by atoms with Gasteiger partial charge in [-0.2, -0.15) is 0 Å². The van der Waals surface area contributed by atoms with Crippen molar-refractivity contribution in [1.29, 1.82) is 0 Å². The van der Waals surface area contributed by atoms with Gasteiger partial charge in [-0.25, -0.2) is 0 Å². The van der Waals surface area contributed by atoms with Crippen LogP contribution in [0.2, 0.25) is 0 Å². The number of carbonyl (C=O) groups is 2. The van der Waals surface area contributed by atoms with Crippen molar-refractivity contribution >= 4 is 41.0 Å². The number of aryl methyl sites for hydroxylation is 3. The monoisotopic (exact) mass is 414 g/mol. The van der Waals surface area contributed by atoms with Gasteiger partial charge < -0.3 is 10.6 Å². The average molecular weight is 415 g/mol. The molecule has 1 fully saturated rings. The molecular formula is C22H26N2O2S2. The minimum Gasteiger partial charge on any atom is -0.343 e. The zero-order chi connectivity index (χ0) is 20.1. The van der Waals surface area contributed by atoms with Gasteiger partial charge in [-0.1, -0.05) is 29.8 Å². The van der Waals surface area contributed by atoms with Gasteiger partial charge in [0.2, 0.25) is 5.91 Å². The third kappa shape index (κ3) is 5.32. The van der Waals surface area contributed by atoms with Gasteiger partial charge in [0.05, 0.1) is 11.1 Å². The summed E-state index contributed by atoms with van der Waals surface area (Å²) in [5.74, 6) is 1.92. The van der Waals surface area contributed by atoms with E-state index in [-0.39, 0.29) is 18.4 Å². The van der Waals surface area contributed by atoms with Crippen molar-refractivity contribution in [2.75, 3.05) is 23.4 Å². The normalized spacial score (nSPS) is 14.5. The van der Waals surface area contributed by atoms with Crippen molar-refractivity contribution in [3.8, 4) is 0 Å². The Bertz CT molecular complexity index is 836. The van der Waals surface area contributed by atoms with E-state index in [0.717, 1.165) is 22.4 Å². The van der Waals surface area contributed by atoms with Gasteiger partial charge in [-0.15, -0.1) is 23.5 Å². The van der Waals surface area contributed by atoms with Gasteiger partial charge in [0.1, 0.15) is 0 Å². The van der Waals surface area contributed by atoms with Gasteiger partial charge in [0, 0.05) is 11.3 Å². The van der Waals surface area contributed by atoms with Gasteiger partial charge in [0.15, 0.2) is 0 Å². The average Bonchev–Trinajstić information content (AvgIpc) is 2.69. The predicted octanol–water partition coefficient (Wildman–Crippen LogP) is 4.85. The lowest BCUT2D eigenvalue weighted by Gasteiger charge is -2.21. The van der Waals surface area contributed by atoms with E-state index in [1.54, 1.807) is 0 Å². The Labute approximate surface area is 175 Å². The molecule has 1 aliphatic heterocycles. The summed E-state index contributed by atoms with van der Waals surface area (Å²) in [6, 6.07) is 11.8. The highest BCUT2D eigenvalue weighted by Gasteiger charge is 2.17. The van der Waals surface area contributed by atoms with E-state index >= 15 is 0 Å². The van der Waals surface area contributed by atoms with Gasteiger partial charge in [-0.3, -0.25) is 9.59 Å². The van der Waals surface area contributed by atoms with Crippen LogP contribution in [0.15, 0.2) is 36.4 Å². The summed E-state index contributed by atoms with van der Waals surface area (Å²) in [6.07, 6.45) is 1.26. The fourth-order valence-corrected chi connectivity index (χ4v) is 6.19. The maximum atomic E-state index is 12.4. The maximum absolute atomic E-state index is 12.4. The first-order valence-corrected chi connectivity index (χ1v) is 11.5. The molecule has 0 bridgehead atoms. The first-order chi connectivity index (χ1) is 13.4. The number of hydrogen-bond acceptors (Lipinski definition) is 4. The first kappa shape index (κ1) is 20.8. The number of amides is 2. The highest BCUT2D eigenvalue weighted by atomic mass is 32.2. The summed E-state index contributed by atoms with van der Waals surface area (Å²) in [4.78, 5) is 24.6. The second-order valence-corrected chi connectivity index (χ2v) is 9.78. The molecule has 0 radical (unpaired) electrons. The minimum absolute atomic E-state index is 0.0539. The maximum Gasteiger partial charge on any atom is 0.251 e. The molecule has 2 aromatic rings. The number of anilines is 1. The summed E-state index contributed by atoms with van der Waals surface area (Å²) < 4.78 is 0.456. The lowest BCUT2D eigenvalue weighted by Crippen LogP contribution is -2.33. The smallest absolute Gasteiger partial charge is 0.251 e. The summed E-state index contributed by atoms with van der Waals surface area (Å²) in [5.41, 5.74) is 5.84. The standard InChI is InChI=1S/C22H26N2O2S2/c1-14-11-15(2)20(16(3)12-14)24-19(25)13-23-21(26)17-5-7-18(8-6-17)22-27-9-4-10-28-22/h5-8,11-12,22H,4,9-10,13H2,1-3H3,(H,23,26)(H,24,25). The van der Waals surface area contributed by atoms with Crippen LogP contribution in [0.1, 0.15) is 43.6 Å². The van der Waals surface area contributed by atoms with E-state index in [4.69, 9.17) is 0 Å². The number of thioether (sulfide) groups is 2. The van der Waals surface area contributed by atoms with Crippen molar-refractivity contribution < 1.29 is 9.59 Å². The lowest BCUT2D eigenvalue weighted by molar-refractivity contribution is -0.115. The van der Waals surface area contributed by atoms with Crippen molar-refractivity contribution in [3.05, 3.63) is 64.2 Å². The molecule has 0 spiro atoms. The fourth-order valence-electron chi connectivity index (χ4n) is 3.30. The van der Waals surface area contributed by atoms with Crippen LogP contribution in [0.25, 0.3) is 0 Å². The number of benzene rings is 2. The Morgan fingerprint density at radius 3 is 2.21 bits per heavy atom. The number of carbonyl (C=O) groups excluding carboxylic acids is 2. The predicted molar refractivity (Wildman–Crippen MR) is 120 cm³/mol. The largest absolute Gasteiger partial charge is 0.343 e. The molecule has 3 rings (SSSR count). The molecule has 28 heavy (non-hydrogen) atoms. The fraction of sp³-hybridized carbons (Fsp3) is 0.364. The van der Waals surface area contributed by atoms with E-state index in [1.807, 2.05) is 80.7 Å². The van der Waals surface area contributed by atoms with Gasteiger partial charge in [-0.05, 0) is 67.5 Å². The molecule has 4 nitrogen and oxygen atoms in total. The van der Waals surface area contributed by atoms with E-state index in [9.17, 15) is 9.59 Å². The summed E-state index contributed by atoms with van der Waals surface area (Å²) in [7, 11) is 0. The van der Waals surface area contributed by atoms with Crippen molar-refractivity contribution in [2.24, 2.45) is 0 Å². The van der Waals surface area contributed by atoms with Crippen molar-refractivity contribution in [1.82, 2.24) is 5.32 Å². The zero-order valence-corrected chi connectivity index (χ0v) is 18.1. The van der Waals surface area contributed by atoms with Crippen LogP contribution in [0.4, 0.5) is 5.69 Å². The summed E-state index contributed by atoms with van der Waals surface area (Å²) in [6.45, 7) is 5.92. The molecule has 2 aromatic carbocycles. The Hall–Kier alpha value is -1.92. The van der Waals surface area contributed by atoms with E-state index in [0.29, 0.717) is 10.1 Å². The Balaban J connectivity index is 1.54.